The summed E-state index contributed by atoms with van der Waals surface area (Å²) >= 11 is 0. The molecule has 0 radical (unpaired) electrons. The third kappa shape index (κ3) is 2.82. The number of rotatable bonds is 5. The summed E-state index contributed by atoms with van der Waals surface area (Å²) in [6.45, 7) is 1.92. The van der Waals surface area contributed by atoms with Crippen LogP contribution in [0.4, 0.5) is 0 Å². The lowest BCUT2D eigenvalue weighted by Gasteiger charge is -2.22. The molecule has 0 aliphatic heterocycles. The SMILES string of the molecule is COc1ccccc1C(C)C(C(=O)O)c1ccccc1. The number of ether oxygens (including phenoxy) is 1. The molecule has 0 saturated carbocycles. The average molecular weight is 270 g/mol. The molecule has 1 N–H and O–H groups in total. The zero-order valence-corrected chi connectivity index (χ0v) is 11.6. The third-order valence-corrected chi connectivity index (χ3v) is 3.55. The summed E-state index contributed by atoms with van der Waals surface area (Å²) in [5.74, 6) is -0.865. The summed E-state index contributed by atoms with van der Waals surface area (Å²) in [4.78, 5) is 11.7. The van der Waals surface area contributed by atoms with E-state index >= 15 is 0 Å². The van der Waals surface area contributed by atoms with E-state index in [1.807, 2.05) is 61.5 Å². The molecular formula is C17H18O3. The van der Waals surface area contributed by atoms with E-state index in [-0.39, 0.29) is 5.92 Å². The monoisotopic (exact) mass is 270 g/mol. The molecule has 2 unspecified atom stereocenters. The molecule has 20 heavy (non-hydrogen) atoms. The Morgan fingerprint density at radius 3 is 2.25 bits per heavy atom. The lowest BCUT2D eigenvalue weighted by atomic mass is 9.82. The fourth-order valence-corrected chi connectivity index (χ4v) is 2.53. The highest BCUT2D eigenvalue weighted by molar-refractivity contribution is 5.77. The average Bonchev–Trinajstić information content (AvgIpc) is 2.48. The molecule has 0 fully saturated rings. The van der Waals surface area contributed by atoms with Crippen LogP contribution in [0.15, 0.2) is 54.6 Å². The first-order valence-electron chi connectivity index (χ1n) is 6.55. The van der Waals surface area contributed by atoms with Gasteiger partial charge in [-0.1, -0.05) is 55.5 Å². The number of benzene rings is 2. The summed E-state index contributed by atoms with van der Waals surface area (Å²) in [6, 6.07) is 16.9. The van der Waals surface area contributed by atoms with Gasteiger partial charge in [0.15, 0.2) is 0 Å². The number of para-hydroxylation sites is 1. The van der Waals surface area contributed by atoms with E-state index in [2.05, 4.69) is 0 Å². The summed E-state index contributed by atoms with van der Waals surface area (Å²) in [6.07, 6.45) is 0. The molecule has 104 valence electrons. The topological polar surface area (TPSA) is 46.5 Å². The first kappa shape index (κ1) is 14.1. The number of hydrogen-bond acceptors (Lipinski definition) is 2. The first-order chi connectivity index (χ1) is 9.65. The van der Waals surface area contributed by atoms with E-state index in [9.17, 15) is 9.90 Å². The Balaban J connectivity index is 2.42. The van der Waals surface area contributed by atoms with Crippen molar-refractivity contribution in [1.82, 2.24) is 0 Å². The second-order valence-corrected chi connectivity index (χ2v) is 4.76. The van der Waals surface area contributed by atoms with Gasteiger partial charge in [0.25, 0.3) is 0 Å². The lowest BCUT2D eigenvalue weighted by molar-refractivity contribution is -0.139. The van der Waals surface area contributed by atoms with Crippen molar-refractivity contribution >= 4 is 5.97 Å². The highest BCUT2D eigenvalue weighted by Gasteiger charge is 2.29. The van der Waals surface area contributed by atoms with E-state index in [1.54, 1.807) is 7.11 Å². The van der Waals surface area contributed by atoms with Crippen LogP contribution in [0, 0.1) is 0 Å². The van der Waals surface area contributed by atoms with Crippen molar-refractivity contribution in [3.63, 3.8) is 0 Å². The highest BCUT2D eigenvalue weighted by Crippen LogP contribution is 2.37. The largest absolute Gasteiger partial charge is 0.496 e. The molecule has 2 aromatic rings. The van der Waals surface area contributed by atoms with Crippen LogP contribution in [-0.4, -0.2) is 18.2 Å². The van der Waals surface area contributed by atoms with E-state index in [0.717, 1.165) is 16.9 Å². The number of methoxy groups -OCH3 is 1. The minimum Gasteiger partial charge on any atom is -0.496 e. The maximum absolute atomic E-state index is 11.7. The van der Waals surface area contributed by atoms with Crippen molar-refractivity contribution in [3.8, 4) is 5.75 Å². The van der Waals surface area contributed by atoms with Gasteiger partial charge in [0.1, 0.15) is 5.75 Å². The van der Waals surface area contributed by atoms with E-state index in [1.165, 1.54) is 0 Å². The number of hydrogen-bond donors (Lipinski definition) is 1. The molecule has 3 heteroatoms. The Labute approximate surface area is 118 Å². The second-order valence-electron chi connectivity index (χ2n) is 4.76. The molecule has 2 atom stereocenters. The van der Waals surface area contributed by atoms with Crippen molar-refractivity contribution in [2.75, 3.05) is 7.11 Å². The van der Waals surface area contributed by atoms with Crippen molar-refractivity contribution in [3.05, 3.63) is 65.7 Å². The Morgan fingerprint density at radius 1 is 1.05 bits per heavy atom. The van der Waals surface area contributed by atoms with E-state index in [4.69, 9.17) is 4.74 Å². The quantitative estimate of drug-likeness (QED) is 0.901. The van der Waals surface area contributed by atoms with Gasteiger partial charge in [-0.15, -0.1) is 0 Å². The predicted octanol–water partition coefficient (Wildman–Crippen LogP) is 3.67. The summed E-state index contributed by atoms with van der Waals surface area (Å²) < 4.78 is 5.34. The van der Waals surface area contributed by atoms with Crippen molar-refractivity contribution in [2.45, 2.75) is 18.8 Å². The number of carboxylic acids is 1. The van der Waals surface area contributed by atoms with Crippen LogP contribution in [0.5, 0.6) is 5.75 Å². The number of carbonyl (C=O) groups is 1. The number of carboxylic acid groups (broad SMARTS) is 1. The van der Waals surface area contributed by atoms with E-state index in [0.29, 0.717) is 0 Å². The van der Waals surface area contributed by atoms with Gasteiger partial charge < -0.3 is 9.84 Å². The van der Waals surface area contributed by atoms with Gasteiger partial charge >= 0.3 is 5.97 Å². The van der Waals surface area contributed by atoms with Crippen LogP contribution in [-0.2, 0) is 4.79 Å². The predicted molar refractivity (Wildman–Crippen MR) is 78.2 cm³/mol. The van der Waals surface area contributed by atoms with Crippen LogP contribution < -0.4 is 4.74 Å². The molecule has 0 aliphatic carbocycles. The molecule has 0 aliphatic rings. The van der Waals surface area contributed by atoms with Gasteiger partial charge in [0.05, 0.1) is 13.0 Å². The zero-order valence-electron chi connectivity index (χ0n) is 11.6. The molecule has 0 aromatic heterocycles. The number of aliphatic carboxylic acids is 1. The van der Waals surface area contributed by atoms with Crippen LogP contribution in [0.3, 0.4) is 0 Å². The molecule has 0 bridgehead atoms. The lowest BCUT2D eigenvalue weighted by Crippen LogP contribution is -2.18. The van der Waals surface area contributed by atoms with E-state index < -0.39 is 11.9 Å². The van der Waals surface area contributed by atoms with Gasteiger partial charge in [-0.3, -0.25) is 4.79 Å². The smallest absolute Gasteiger partial charge is 0.311 e. The fourth-order valence-electron chi connectivity index (χ4n) is 2.53. The van der Waals surface area contributed by atoms with Crippen LogP contribution >= 0.6 is 0 Å². The molecular weight excluding hydrogens is 252 g/mol. The van der Waals surface area contributed by atoms with Gasteiger partial charge in [0.2, 0.25) is 0 Å². The second kappa shape index (κ2) is 6.24. The van der Waals surface area contributed by atoms with Crippen LogP contribution in [0.1, 0.15) is 29.9 Å². The Kier molecular flexibility index (Phi) is 4.41. The molecule has 0 spiro atoms. The molecule has 2 aromatic carbocycles. The maximum atomic E-state index is 11.7. The van der Waals surface area contributed by atoms with Gasteiger partial charge in [0, 0.05) is 5.92 Å². The minimum atomic E-state index is -0.824. The molecule has 3 nitrogen and oxygen atoms in total. The van der Waals surface area contributed by atoms with Gasteiger partial charge in [-0.2, -0.15) is 0 Å². The Bertz CT molecular complexity index is 578. The Morgan fingerprint density at radius 2 is 1.65 bits per heavy atom. The van der Waals surface area contributed by atoms with Crippen LogP contribution in [0.25, 0.3) is 0 Å². The molecule has 2 rings (SSSR count). The van der Waals surface area contributed by atoms with Crippen LogP contribution in [0.2, 0.25) is 0 Å². The van der Waals surface area contributed by atoms with Crippen molar-refractivity contribution in [2.24, 2.45) is 0 Å². The normalized spacial score (nSPS) is 13.5. The van der Waals surface area contributed by atoms with Gasteiger partial charge in [-0.05, 0) is 17.2 Å². The fraction of sp³-hybridized carbons (Fsp3) is 0.235. The Hall–Kier alpha value is -2.29. The molecule has 0 heterocycles. The summed E-state index contributed by atoms with van der Waals surface area (Å²) in [7, 11) is 1.60. The van der Waals surface area contributed by atoms with Gasteiger partial charge in [-0.25, -0.2) is 0 Å². The summed E-state index contributed by atoms with van der Waals surface area (Å²) in [5.41, 5.74) is 1.71. The summed E-state index contributed by atoms with van der Waals surface area (Å²) in [5, 5.41) is 9.58. The van der Waals surface area contributed by atoms with Crippen molar-refractivity contribution < 1.29 is 14.6 Å². The standard InChI is InChI=1S/C17H18O3/c1-12(14-10-6-7-11-15(14)20-2)16(17(18)19)13-8-4-3-5-9-13/h3-12,16H,1-2H3,(H,18,19). The first-order valence-corrected chi connectivity index (χ1v) is 6.55. The molecule has 0 saturated heterocycles. The third-order valence-electron chi connectivity index (χ3n) is 3.55. The minimum absolute atomic E-state index is 0.175. The molecule has 0 amide bonds. The highest BCUT2D eigenvalue weighted by atomic mass is 16.5. The maximum Gasteiger partial charge on any atom is 0.311 e. The zero-order chi connectivity index (χ0) is 14.5. The van der Waals surface area contributed by atoms with Crippen molar-refractivity contribution in [1.29, 1.82) is 0 Å².